The number of alkyl halides is 1. The van der Waals surface area contributed by atoms with E-state index in [1.165, 1.54) is 0 Å². The molecule has 1 atom stereocenters. The minimum atomic E-state index is -0.349. The highest BCUT2D eigenvalue weighted by molar-refractivity contribution is 9.10. The van der Waals surface area contributed by atoms with Crippen LogP contribution < -0.4 is 5.73 Å². The largest absolute Gasteiger partial charge is 0.330 e. The molecule has 0 amide bonds. The van der Waals surface area contributed by atoms with E-state index in [2.05, 4.69) is 15.9 Å². The second kappa shape index (κ2) is 5.35. The van der Waals surface area contributed by atoms with Crippen molar-refractivity contribution in [1.82, 2.24) is 0 Å². The number of hydrogen-bond acceptors (Lipinski definition) is 1. The van der Waals surface area contributed by atoms with Gasteiger partial charge in [0.05, 0.1) is 6.67 Å². The van der Waals surface area contributed by atoms with Crippen molar-refractivity contribution >= 4 is 15.9 Å². The fourth-order valence-electron chi connectivity index (χ4n) is 1.18. The Morgan fingerprint density at radius 3 is 2.62 bits per heavy atom. The minimum Gasteiger partial charge on any atom is -0.330 e. The number of hydrogen-bond donors (Lipinski definition) is 1. The molecule has 1 aromatic rings. The summed E-state index contributed by atoms with van der Waals surface area (Å²) in [5.41, 5.74) is 6.55. The molecule has 0 aliphatic heterocycles. The van der Waals surface area contributed by atoms with Gasteiger partial charge < -0.3 is 5.73 Å². The summed E-state index contributed by atoms with van der Waals surface area (Å²) in [6.07, 6.45) is 0.703. The maximum absolute atomic E-state index is 12.4. The van der Waals surface area contributed by atoms with E-state index in [0.29, 0.717) is 13.0 Å². The zero-order chi connectivity index (χ0) is 9.68. The summed E-state index contributed by atoms with van der Waals surface area (Å²) in [5, 5.41) is 0. The molecule has 1 unspecified atom stereocenters. The quantitative estimate of drug-likeness (QED) is 0.867. The normalized spacial score (nSPS) is 12.8. The average Bonchev–Trinajstić information content (AvgIpc) is 2.17. The zero-order valence-electron chi connectivity index (χ0n) is 7.34. The molecule has 2 N–H and O–H groups in total. The number of halogens is 2. The van der Waals surface area contributed by atoms with Gasteiger partial charge >= 0.3 is 0 Å². The summed E-state index contributed by atoms with van der Waals surface area (Å²) >= 11 is 3.42. The lowest BCUT2D eigenvalue weighted by molar-refractivity contribution is 0.365. The Morgan fingerprint density at radius 2 is 2.08 bits per heavy atom. The molecule has 0 radical (unpaired) electrons. The summed E-state index contributed by atoms with van der Waals surface area (Å²) in [6, 6.07) is 7.84. The van der Waals surface area contributed by atoms with Gasteiger partial charge in [-0.05, 0) is 24.6 Å². The SMILES string of the molecule is NCC(CF)Cc1ccccc1Br. The highest BCUT2D eigenvalue weighted by Gasteiger charge is 2.08. The van der Waals surface area contributed by atoms with Crippen LogP contribution in [0.1, 0.15) is 5.56 Å². The van der Waals surface area contributed by atoms with E-state index >= 15 is 0 Å². The van der Waals surface area contributed by atoms with Crippen LogP contribution in [0.15, 0.2) is 28.7 Å². The molecule has 0 spiro atoms. The Kier molecular flexibility index (Phi) is 4.39. The van der Waals surface area contributed by atoms with E-state index in [0.717, 1.165) is 10.0 Å². The lowest BCUT2D eigenvalue weighted by Crippen LogP contribution is -2.18. The molecule has 0 bridgehead atoms. The second-order valence-electron chi connectivity index (χ2n) is 3.05. The third-order valence-corrected chi connectivity index (χ3v) is 2.79. The van der Waals surface area contributed by atoms with E-state index in [9.17, 15) is 4.39 Å². The van der Waals surface area contributed by atoms with Crippen molar-refractivity contribution in [2.45, 2.75) is 6.42 Å². The van der Waals surface area contributed by atoms with Crippen molar-refractivity contribution in [2.24, 2.45) is 11.7 Å². The molecule has 0 saturated carbocycles. The third-order valence-electron chi connectivity index (χ3n) is 2.02. The maximum Gasteiger partial charge on any atom is 0.0937 e. The van der Waals surface area contributed by atoms with Crippen LogP contribution in [-0.2, 0) is 6.42 Å². The average molecular weight is 246 g/mol. The Bertz CT molecular complexity index is 261. The lowest BCUT2D eigenvalue weighted by atomic mass is 10.0. The fraction of sp³-hybridized carbons (Fsp3) is 0.400. The predicted octanol–water partition coefficient (Wildman–Crippen LogP) is 2.54. The van der Waals surface area contributed by atoms with Crippen LogP contribution in [0.4, 0.5) is 4.39 Å². The first-order valence-corrected chi connectivity index (χ1v) is 5.06. The van der Waals surface area contributed by atoms with Gasteiger partial charge in [-0.3, -0.25) is 4.39 Å². The molecule has 0 aliphatic rings. The summed E-state index contributed by atoms with van der Waals surface area (Å²) in [6.45, 7) is 0.0513. The van der Waals surface area contributed by atoms with Gasteiger partial charge in [0, 0.05) is 10.4 Å². The fourth-order valence-corrected chi connectivity index (χ4v) is 1.62. The second-order valence-corrected chi connectivity index (χ2v) is 3.91. The topological polar surface area (TPSA) is 26.0 Å². The van der Waals surface area contributed by atoms with E-state index in [1.807, 2.05) is 24.3 Å². The molecule has 1 nitrogen and oxygen atoms in total. The molecule has 0 aromatic heterocycles. The van der Waals surface area contributed by atoms with Crippen molar-refractivity contribution in [1.29, 1.82) is 0 Å². The van der Waals surface area contributed by atoms with Crippen molar-refractivity contribution in [3.8, 4) is 0 Å². The Labute approximate surface area is 86.3 Å². The van der Waals surface area contributed by atoms with Crippen molar-refractivity contribution in [3.05, 3.63) is 34.3 Å². The third kappa shape index (κ3) is 3.08. The molecule has 0 aliphatic carbocycles. The lowest BCUT2D eigenvalue weighted by Gasteiger charge is -2.11. The number of rotatable bonds is 4. The first-order valence-electron chi connectivity index (χ1n) is 4.27. The minimum absolute atomic E-state index is 0.0568. The van der Waals surface area contributed by atoms with Gasteiger partial charge in [-0.15, -0.1) is 0 Å². The van der Waals surface area contributed by atoms with Gasteiger partial charge in [-0.2, -0.15) is 0 Å². The summed E-state index contributed by atoms with van der Waals surface area (Å²) < 4.78 is 13.4. The van der Waals surface area contributed by atoms with Gasteiger partial charge in [-0.25, -0.2) is 0 Å². The van der Waals surface area contributed by atoms with Gasteiger partial charge in [-0.1, -0.05) is 34.1 Å². The van der Waals surface area contributed by atoms with Crippen LogP contribution in [-0.4, -0.2) is 13.2 Å². The predicted molar refractivity (Wildman–Crippen MR) is 56.4 cm³/mol. The first kappa shape index (κ1) is 10.7. The van der Waals surface area contributed by atoms with Gasteiger partial charge in [0.15, 0.2) is 0 Å². The molecule has 72 valence electrons. The number of benzene rings is 1. The standard InChI is InChI=1S/C10H13BrFN/c11-10-4-2-1-3-9(10)5-8(6-12)7-13/h1-4,8H,5-7,13H2. The monoisotopic (exact) mass is 245 g/mol. The Morgan fingerprint density at radius 1 is 1.38 bits per heavy atom. The molecule has 1 rings (SSSR count). The Hall–Kier alpha value is -0.410. The van der Waals surface area contributed by atoms with Crippen LogP contribution in [0.5, 0.6) is 0 Å². The van der Waals surface area contributed by atoms with E-state index in [4.69, 9.17) is 5.73 Å². The maximum atomic E-state index is 12.4. The molecule has 0 heterocycles. The molecule has 1 aromatic carbocycles. The smallest absolute Gasteiger partial charge is 0.0937 e. The van der Waals surface area contributed by atoms with Crippen LogP contribution >= 0.6 is 15.9 Å². The van der Waals surface area contributed by atoms with Gasteiger partial charge in [0.1, 0.15) is 0 Å². The zero-order valence-corrected chi connectivity index (χ0v) is 8.93. The highest BCUT2D eigenvalue weighted by Crippen LogP contribution is 2.19. The molecule has 3 heteroatoms. The first-order chi connectivity index (χ1) is 6.27. The van der Waals surface area contributed by atoms with Crippen LogP contribution in [0, 0.1) is 5.92 Å². The molecule has 0 saturated heterocycles. The van der Waals surface area contributed by atoms with E-state index in [1.54, 1.807) is 0 Å². The molecular formula is C10H13BrFN. The van der Waals surface area contributed by atoms with Gasteiger partial charge in [0.2, 0.25) is 0 Å². The molecule has 13 heavy (non-hydrogen) atoms. The van der Waals surface area contributed by atoms with Crippen LogP contribution in [0.3, 0.4) is 0 Å². The van der Waals surface area contributed by atoms with E-state index < -0.39 is 0 Å². The van der Waals surface area contributed by atoms with Gasteiger partial charge in [0.25, 0.3) is 0 Å². The Balaban J connectivity index is 2.67. The van der Waals surface area contributed by atoms with Crippen LogP contribution in [0.2, 0.25) is 0 Å². The van der Waals surface area contributed by atoms with Crippen molar-refractivity contribution in [2.75, 3.05) is 13.2 Å². The van der Waals surface area contributed by atoms with E-state index in [-0.39, 0.29) is 12.6 Å². The summed E-state index contributed by atoms with van der Waals surface area (Å²) in [7, 11) is 0. The summed E-state index contributed by atoms with van der Waals surface area (Å²) in [5.74, 6) is -0.0568. The number of nitrogens with two attached hydrogens (primary N) is 1. The van der Waals surface area contributed by atoms with Crippen LogP contribution in [0.25, 0.3) is 0 Å². The highest BCUT2D eigenvalue weighted by atomic mass is 79.9. The van der Waals surface area contributed by atoms with Crippen molar-refractivity contribution in [3.63, 3.8) is 0 Å². The molecule has 0 fully saturated rings. The van der Waals surface area contributed by atoms with Crippen molar-refractivity contribution < 1.29 is 4.39 Å². The summed E-state index contributed by atoms with van der Waals surface area (Å²) in [4.78, 5) is 0. The molecular weight excluding hydrogens is 233 g/mol.